The normalized spacial score (nSPS) is 9.29. The predicted molar refractivity (Wildman–Crippen MR) is 47.0 cm³/mol. The number of aromatic nitrogens is 1. The van der Waals surface area contributed by atoms with E-state index in [1.807, 2.05) is 5.34 Å². The van der Waals surface area contributed by atoms with Gasteiger partial charge in [-0.3, -0.25) is 4.84 Å². The fourth-order valence-corrected chi connectivity index (χ4v) is 0.983. The van der Waals surface area contributed by atoms with Crippen molar-refractivity contribution < 1.29 is 14.4 Å². The quantitative estimate of drug-likeness (QED) is 0.435. The first kappa shape index (κ1) is 10.4. The number of rotatable bonds is 3. The van der Waals surface area contributed by atoms with Crippen molar-refractivity contribution in [2.75, 3.05) is 7.11 Å². The molecule has 0 spiro atoms. The standard InChI is InChI=1S/C7H5ClN2O4/c1-13-6-3-4(2-5(8)9-6)7(11)14-10-12/h2-3H,1H3. The molecule has 0 fully saturated rings. The molecule has 0 bridgehead atoms. The van der Waals surface area contributed by atoms with Gasteiger partial charge in [0, 0.05) is 6.07 Å². The van der Waals surface area contributed by atoms with Crippen molar-refractivity contribution in [1.82, 2.24) is 4.98 Å². The Morgan fingerprint density at radius 1 is 1.57 bits per heavy atom. The molecule has 0 amide bonds. The van der Waals surface area contributed by atoms with Gasteiger partial charge in [-0.2, -0.15) is 0 Å². The molecule has 1 heterocycles. The third-order valence-electron chi connectivity index (χ3n) is 1.34. The molecule has 0 aliphatic carbocycles. The molecule has 6 nitrogen and oxygen atoms in total. The van der Waals surface area contributed by atoms with E-state index in [4.69, 9.17) is 16.3 Å². The fraction of sp³-hybridized carbons (Fsp3) is 0.143. The number of nitrogens with zero attached hydrogens (tertiary/aromatic N) is 2. The molecule has 0 N–H and O–H groups in total. The zero-order chi connectivity index (χ0) is 10.6. The predicted octanol–water partition coefficient (Wildman–Crippen LogP) is 1.58. The van der Waals surface area contributed by atoms with E-state index in [0.717, 1.165) is 0 Å². The van der Waals surface area contributed by atoms with Gasteiger partial charge in [0.2, 0.25) is 5.88 Å². The summed E-state index contributed by atoms with van der Waals surface area (Å²) in [7, 11) is 1.37. The van der Waals surface area contributed by atoms with Crippen molar-refractivity contribution in [2.45, 2.75) is 0 Å². The topological polar surface area (TPSA) is 77.9 Å². The highest BCUT2D eigenvalue weighted by Gasteiger charge is 2.11. The number of pyridine rings is 1. The molecule has 7 heteroatoms. The first-order valence-electron chi connectivity index (χ1n) is 3.43. The van der Waals surface area contributed by atoms with E-state index < -0.39 is 5.97 Å². The highest BCUT2D eigenvalue weighted by Crippen LogP contribution is 2.16. The third kappa shape index (κ3) is 2.40. The lowest BCUT2D eigenvalue weighted by atomic mass is 10.3. The number of halogens is 1. The van der Waals surface area contributed by atoms with Crippen molar-refractivity contribution in [3.8, 4) is 5.88 Å². The maximum Gasteiger partial charge on any atom is 0.369 e. The summed E-state index contributed by atoms with van der Waals surface area (Å²) in [4.78, 5) is 28.3. The van der Waals surface area contributed by atoms with Crippen LogP contribution in [0.25, 0.3) is 0 Å². The van der Waals surface area contributed by atoms with E-state index >= 15 is 0 Å². The summed E-state index contributed by atoms with van der Waals surface area (Å²) < 4.78 is 4.75. The summed E-state index contributed by atoms with van der Waals surface area (Å²) in [6, 6.07) is 2.51. The average molecular weight is 217 g/mol. The average Bonchev–Trinajstić information content (AvgIpc) is 2.17. The van der Waals surface area contributed by atoms with Gasteiger partial charge in [-0.25, -0.2) is 9.78 Å². The van der Waals surface area contributed by atoms with Gasteiger partial charge in [0.1, 0.15) is 5.15 Å². The lowest BCUT2D eigenvalue weighted by Crippen LogP contribution is -2.01. The number of hydrogen-bond donors (Lipinski definition) is 0. The zero-order valence-corrected chi connectivity index (χ0v) is 7.82. The van der Waals surface area contributed by atoms with Crippen LogP contribution in [0.1, 0.15) is 10.4 Å². The van der Waals surface area contributed by atoms with Crippen LogP contribution in [-0.2, 0) is 4.84 Å². The molecule has 74 valence electrons. The number of hydrogen-bond acceptors (Lipinski definition) is 6. The van der Waals surface area contributed by atoms with Gasteiger partial charge < -0.3 is 4.74 Å². The molecule has 1 aromatic heterocycles. The lowest BCUT2D eigenvalue weighted by molar-refractivity contribution is 0.0507. The second-order valence-corrected chi connectivity index (χ2v) is 2.56. The van der Waals surface area contributed by atoms with Crippen LogP contribution < -0.4 is 4.74 Å². The van der Waals surface area contributed by atoms with Gasteiger partial charge in [0.15, 0.2) is 5.34 Å². The first-order chi connectivity index (χ1) is 6.67. The Morgan fingerprint density at radius 2 is 2.29 bits per heavy atom. The molecule has 0 saturated heterocycles. The Kier molecular flexibility index (Phi) is 3.35. The van der Waals surface area contributed by atoms with Crippen molar-refractivity contribution in [3.05, 3.63) is 27.8 Å². The second-order valence-electron chi connectivity index (χ2n) is 2.17. The van der Waals surface area contributed by atoms with E-state index in [-0.39, 0.29) is 16.6 Å². The number of ether oxygens (including phenoxy) is 1. The minimum atomic E-state index is -0.914. The number of carbonyl (C=O) groups is 1. The summed E-state index contributed by atoms with van der Waals surface area (Å²) in [6.45, 7) is 0. The Labute approximate surface area is 83.7 Å². The van der Waals surface area contributed by atoms with E-state index in [1.54, 1.807) is 0 Å². The van der Waals surface area contributed by atoms with Crippen LogP contribution in [0, 0.1) is 4.91 Å². The van der Waals surface area contributed by atoms with E-state index in [0.29, 0.717) is 0 Å². The van der Waals surface area contributed by atoms with Gasteiger partial charge in [-0.1, -0.05) is 11.6 Å². The Bertz CT molecular complexity index is 369. The molecule has 14 heavy (non-hydrogen) atoms. The SMILES string of the molecule is COc1cc(C(=O)ON=O)cc(Cl)n1. The van der Waals surface area contributed by atoms with Gasteiger partial charge in [-0.15, -0.1) is 4.91 Å². The van der Waals surface area contributed by atoms with Gasteiger partial charge in [0.25, 0.3) is 0 Å². The second kappa shape index (κ2) is 4.52. The number of carbonyl (C=O) groups excluding carboxylic acids is 1. The minimum absolute atomic E-state index is 0.0430. The van der Waals surface area contributed by atoms with Crippen LogP contribution >= 0.6 is 11.6 Å². The largest absolute Gasteiger partial charge is 0.481 e. The third-order valence-corrected chi connectivity index (χ3v) is 1.53. The summed E-state index contributed by atoms with van der Waals surface area (Å²) >= 11 is 5.57. The molecule has 1 aromatic rings. The number of methoxy groups -OCH3 is 1. The van der Waals surface area contributed by atoms with Crippen LogP contribution in [0.5, 0.6) is 5.88 Å². The summed E-state index contributed by atoms with van der Waals surface area (Å²) in [5.74, 6) is -0.766. The van der Waals surface area contributed by atoms with Crippen LogP contribution in [0.15, 0.2) is 17.5 Å². The van der Waals surface area contributed by atoms with Crippen LogP contribution in [0.3, 0.4) is 0 Å². The summed E-state index contributed by atoms with van der Waals surface area (Å²) in [5, 5.41) is 2.05. The van der Waals surface area contributed by atoms with Gasteiger partial charge >= 0.3 is 5.97 Å². The molecule has 0 aliphatic rings. The Balaban J connectivity index is 3.02. The van der Waals surface area contributed by atoms with Crippen molar-refractivity contribution in [3.63, 3.8) is 0 Å². The minimum Gasteiger partial charge on any atom is -0.481 e. The van der Waals surface area contributed by atoms with Crippen LogP contribution in [0.2, 0.25) is 5.15 Å². The molecular weight excluding hydrogens is 212 g/mol. The van der Waals surface area contributed by atoms with E-state index in [2.05, 4.69) is 9.82 Å². The smallest absolute Gasteiger partial charge is 0.369 e. The molecule has 0 aromatic carbocycles. The van der Waals surface area contributed by atoms with Gasteiger partial charge in [0.05, 0.1) is 12.7 Å². The van der Waals surface area contributed by atoms with E-state index in [9.17, 15) is 9.70 Å². The molecule has 0 aliphatic heterocycles. The van der Waals surface area contributed by atoms with Crippen LogP contribution in [0.4, 0.5) is 0 Å². The fourth-order valence-electron chi connectivity index (χ4n) is 0.782. The highest BCUT2D eigenvalue weighted by molar-refractivity contribution is 6.29. The van der Waals surface area contributed by atoms with Crippen molar-refractivity contribution >= 4 is 17.6 Å². The maximum atomic E-state index is 11.0. The van der Waals surface area contributed by atoms with Crippen molar-refractivity contribution in [2.24, 2.45) is 5.34 Å². The monoisotopic (exact) mass is 216 g/mol. The molecule has 0 saturated carbocycles. The molecule has 0 unspecified atom stereocenters. The zero-order valence-electron chi connectivity index (χ0n) is 7.06. The highest BCUT2D eigenvalue weighted by atomic mass is 35.5. The molecule has 1 rings (SSSR count). The molecule has 0 radical (unpaired) electrons. The first-order valence-corrected chi connectivity index (χ1v) is 3.80. The lowest BCUT2D eigenvalue weighted by Gasteiger charge is -2.01. The summed E-state index contributed by atoms with van der Waals surface area (Å²) in [5.41, 5.74) is 0.0430. The molecular formula is C7H5ClN2O4. The Hall–Kier alpha value is -1.69. The maximum absolute atomic E-state index is 11.0. The van der Waals surface area contributed by atoms with Gasteiger partial charge in [-0.05, 0) is 6.07 Å². The Morgan fingerprint density at radius 3 is 2.86 bits per heavy atom. The van der Waals surface area contributed by atoms with Crippen molar-refractivity contribution in [1.29, 1.82) is 0 Å². The summed E-state index contributed by atoms with van der Waals surface area (Å²) in [6.07, 6.45) is 0. The van der Waals surface area contributed by atoms with E-state index in [1.165, 1.54) is 19.2 Å². The van der Waals surface area contributed by atoms with Crippen LogP contribution in [-0.4, -0.2) is 18.1 Å². The molecule has 0 atom stereocenters.